The van der Waals surface area contributed by atoms with Crippen molar-refractivity contribution in [3.8, 4) is 0 Å². The van der Waals surface area contributed by atoms with Crippen molar-refractivity contribution < 1.29 is 0 Å². The van der Waals surface area contributed by atoms with E-state index < -0.39 is 0 Å². The molecule has 1 saturated heterocycles. The zero-order valence-electron chi connectivity index (χ0n) is 17.4. The second-order valence-corrected chi connectivity index (χ2v) is 8.52. The molecule has 6 nitrogen and oxygen atoms in total. The van der Waals surface area contributed by atoms with Gasteiger partial charge in [0.25, 0.3) is 0 Å². The molecule has 1 aliphatic carbocycles. The van der Waals surface area contributed by atoms with E-state index in [1.54, 1.807) is 0 Å². The topological polar surface area (TPSA) is 51.3 Å². The van der Waals surface area contributed by atoms with Crippen LogP contribution in [-0.2, 0) is 13.0 Å². The van der Waals surface area contributed by atoms with Crippen LogP contribution in [0.2, 0.25) is 0 Å². The highest BCUT2D eigenvalue weighted by Crippen LogP contribution is 2.33. The molecular weight excluding hydrogens is 360 g/mol. The van der Waals surface area contributed by atoms with E-state index in [0.29, 0.717) is 6.04 Å². The van der Waals surface area contributed by atoms with E-state index in [1.165, 1.54) is 23.4 Å². The summed E-state index contributed by atoms with van der Waals surface area (Å²) < 4.78 is 0. The van der Waals surface area contributed by atoms with Crippen molar-refractivity contribution in [2.24, 2.45) is 0 Å². The molecule has 0 spiro atoms. The van der Waals surface area contributed by atoms with E-state index in [9.17, 15) is 0 Å². The van der Waals surface area contributed by atoms with Crippen molar-refractivity contribution in [1.82, 2.24) is 24.8 Å². The van der Waals surface area contributed by atoms with Gasteiger partial charge in [-0.3, -0.25) is 9.88 Å². The summed E-state index contributed by atoms with van der Waals surface area (Å²) in [5.41, 5.74) is 6.13. The highest BCUT2D eigenvalue weighted by atomic mass is 15.3. The fourth-order valence-corrected chi connectivity index (χ4v) is 4.81. The Morgan fingerprint density at radius 1 is 1.14 bits per heavy atom. The molecule has 3 heterocycles. The van der Waals surface area contributed by atoms with Crippen LogP contribution in [0.4, 0.5) is 5.69 Å². The molecule has 0 radical (unpaired) electrons. The van der Waals surface area contributed by atoms with Gasteiger partial charge in [-0.15, -0.1) is 0 Å². The summed E-state index contributed by atoms with van der Waals surface area (Å²) in [5.74, 6) is 1.03. The minimum atomic E-state index is 0.366. The van der Waals surface area contributed by atoms with E-state index in [-0.39, 0.29) is 0 Å². The number of aryl methyl sites for hydroxylation is 1. The smallest absolute Gasteiger partial charge is 0.121 e. The zero-order chi connectivity index (χ0) is 19.8. The van der Waals surface area contributed by atoms with E-state index in [2.05, 4.69) is 64.1 Å². The molecule has 1 fully saturated rings. The second kappa shape index (κ2) is 7.76. The largest absolute Gasteiger partial charge is 0.367 e. The summed E-state index contributed by atoms with van der Waals surface area (Å²) in [4.78, 5) is 20.6. The Balaban J connectivity index is 1.38. The Hall–Kier alpha value is -2.44. The van der Waals surface area contributed by atoms with Crippen LogP contribution < -0.4 is 4.90 Å². The third-order valence-corrected chi connectivity index (χ3v) is 6.48. The molecule has 0 amide bonds. The third-order valence-electron chi connectivity index (χ3n) is 6.48. The van der Waals surface area contributed by atoms with Crippen LogP contribution in [0.5, 0.6) is 0 Å². The van der Waals surface area contributed by atoms with Crippen LogP contribution in [0.1, 0.15) is 36.0 Å². The molecule has 1 atom stereocenters. The fourth-order valence-electron chi connectivity index (χ4n) is 4.81. The van der Waals surface area contributed by atoms with E-state index in [1.807, 2.05) is 6.20 Å². The van der Waals surface area contributed by atoms with Gasteiger partial charge in [0.2, 0.25) is 0 Å². The molecule has 1 aliphatic heterocycles. The maximum absolute atomic E-state index is 5.02. The molecule has 0 saturated carbocycles. The van der Waals surface area contributed by atoms with Crippen molar-refractivity contribution in [1.29, 1.82) is 0 Å². The summed E-state index contributed by atoms with van der Waals surface area (Å²) in [6.45, 7) is 5.12. The Labute approximate surface area is 172 Å². The van der Waals surface area contributed by atoms with Crippen molar-refractivity contribution in [3.05, 3.63) is 53.6 Å². The molecule has 0 bridgehead atoms. The lowest BCUT2D eigenvalue weighted by Gasteiger charge is -2.34. The van der Waals surface area contributed by atoms with Crippen molar-refractivity contribution in [3.63, 3.8) is 0 Å². The number of rotatable bonds is 4. The molecule has 0 unspecified atom stereocenters. The van der Waals surface area contributed by atoms with Gasteiger partial charge < -0.3 is 14.8 Å². The Morgan fingerprint density at radius 3 is 2.86 bits per heavy atom. The zero-order valence-corrected chi connectivity index (χ0v) is 17.4. The average Bonchev–Trinajstić information content (AvgIpc) is 3.16. The first kappa shape index (κ1) is 18.6. The molecule has 2 aliphatic rings. The molecule has 3 aromatic rings. The number of piperazine rings is 1. The van der Waals surface area contributed by atoms with Crippen molar-refractivity contribution in [2.45, 2.75) is 31.8 Å². The lowest BCUT2D eigenvalue weighted by atomic mass is 9.91. The van der Waals surface area contributed by atoms with Crippen LogP contribution in [0.3, 0.4) is 0 Å². The lowest BCUT2D eigenvalue weighted by molar-refractivity contribution is 0.204. The Kier molecular flexibility index (Phi) is 4.97. The number of likely N-dealkylation sites (N-methyl/N-ethyl adjacent to an activating group) is 1. The Morgan fingerprint density at radius 2 is 2.00 bits per heavy atom. The molecular formula is C23H30N6. The van der Waals surface area contributed by atoms with Gasteiger partial charge in [0.1, 0.15) is 11.3 Å². The number of pyridine rings is 1. The summed E-state index contributed by atoms with van der Waals surface area (Å²) in [7, 11) is 4.39. The van der Waals surface area contributed by atoms with Crippen LogP contribution in [0.25, 0.3) is 11.0 Å². The number of H-pyrrole nitrogens is 1. The highest BCUT2D eigenvalue weighted by molar-refractivity contribution is 5.89. The summed E-state index contributed by atoms with van der Waals surface area (Å²) in [5, 5.41) is 0. The first-order valence-corrected chi connectivity index (χ1v) is 10.7. The lowest BCUT2D eigenvalue weighted by Crippen LogP contribution is -2.44. The number of hydrogen-bond donors (Lipinski definition) is 1. The minimum absolute atomic E-state index is 0.366. The molecule has 6 heteroatoms. The number of aromatic nitrogens is 3. The standard InChI is InChI=1S/C23H30N6/c1-27-12-14-29(15-13-27)20-10-4-8-18-23(20)26-21(25-18)16-28(2)19-9-3-6-17-7-5-11-24-22(17)19/h4-5,7-8,10-11,19H,3,6,9,12-16H2,1-2H3,(H,25,26)/t19-/m1/s1. The quantitative estimate of drug-likeness (QED) is 0.741. The second-order valence-electron chi connectivity index (χ2n) is 8.52. The van der Waals surface area contributed by atoms with E-state index >= 15 is 0 Å². The maximum atomic E-state index is 5.02. The van der Waals surface area contributed by atoms with Gasteiger partial charge in [-0.05, 0) is 57.1 Å². The predicted octanol–water partition coefficient (Wildman–Crippen LogP) is 3.22. The van der Waals surface area contributed by atoms with Gasteiger partial charge in [-0.25, -0.2) is 4.98 Å². The van der Waals surface area contributed by atoms with Gasteiger partial charge in [0.15, 0.2) is 0 Å². The van der Waals surface area contributed by atoms with Gasteiger partial charge in [-0.1, -0.05) is 12.1 Å². The number of anilines is 1. The van der Waals surface area contributed by atoms with E-state index in [0.717, 1.165) is 62.4 Å². The van der Waals surface area contributed by atoms with Crippen molar-refractivity contribution in [2.75, 3.05) is 45.2 Å². The van der Waals surface area contributed by atoms with Gasteiger partial charge in [0, 0.05) is 32.4 Å². The summed E-state index contributed by atoms with van der Waals surface area (Å²) in [6.07, 6.45) is 5.45. The number of imidazole rings is 1. The SMILES string of the molecule is CN1CCN(c2cccc3[nH]c(CN(C)[C@@H]4CCCc5cccnc54)nc23)CC1. The number of benzene rings is 1. The molecule has 5 rings (SSSR count). The summed E-state index contributed by atoms with van der Waals surface area (Å²) in [6, 6.07) is 11.1. The number of nitrogens with one attached hydrogen (secondary N) is 1. The van der Waals surface area contributed by atoms with Crippen LogP contribution >= 0.6 is 0 Å². The molecule has 152 valence electrons. The monoisotopic (exact) mass is 390 g/mol. The summed E-state index contributed by atoms with van der Waals surface area (Å²) >= 11 is 0. The number of fused-ring (bicyclic) bond motifs is 2. The Bertz CT molecular complexity index is 988. The predicted molar refractivity (Wildman–Crippen MR) is 117 cm³/mol. The van der Waals surface area contributed by atoms with Crippen LogP contribution in [0, 0.1) is 0 Å². The first-order valence-electron chi connectivity index (χ1n) is 10.7. The fraction of sp³-hybridized carbons (Fsp3) is 0.478. The molecule has 2 aromatic heterocycles. The number of nitrogens with zero attached hydrogens (tertiary/aromatic N) is 5. The average molecular weight is 391 g/mol. The molecule has 1 N–H and O–H groups in total. The van der Waals surface area contributed by atoms with E-state index in [4.69, 9.17) is 9.97 Å². The van der Waals surface area contributed by atoms with Gasteiger partial charge >= 0.3 is 0 Å². The van der Waals surface area contributed by atoms with Gasteiger partial charge in [-0.2, -0.15) is 0 Å². The van der Waals surface area contributed by atoms with Crippen LogP contribution in [0.15, 0.2) is 36.5 Å². The maximum Gasteiger partial charge on any atom is 0.121 e. The van der Waals surface area contributed by atoms with Crippen LogP contribution in [-0.4, -0.2) is 65.0 Å². The number of para-hydroxylation sites is 1. The van der Waals surface area contributed by atoms with Gasteiger partial charge in [0.05, 0.1) is 29.5 Å². The number of hydrogen-bond acceptors (Lipinski definition) is 5. The minimum Gasteiger partial charge on any atom is -0.367 e. The normalized spacial score (nSPS) is 20.4. The first-order chi connectivity index (χ1) is 14.2. The van der Waals surface area contributed by atoms with Crippen molar-refractivity contribution >= 4 is 16.7 Å². The third kappa shape index (κ3) is 3.63. The molecule has 29 heavy (non-hydrogen) atoms. The number of aromatic amines is 1. The molecule has 1 aromatic carbocycles. The highest BCUT2D eigenvalue weighted by Gasteiger charge is 2.26.